The molecule has 4 aromatic rings. The van der Waals surface area contributed by atoms with E-state index in [-0.39, 0.29) is 11.5 Å². The fourth-order valence-electron chi connectivity index (χ4n) is 3.62. The highest BCUT2D eigenvalue weighted by Crippen LogP contribution is 2.39. The molecule has 0 amide bonds. The minimum Gasteiger partial charge on any atom is -0.449 e. The van der Waals surface area contributed by atoms with Gasteiger partial charge in [-0.1, -0.05) is 48.0 Å². The lowest BCUT2D eigenvalue weighted by atomic mass is 10.0. The van der Waals surface area contributed by atoms with Crippen LogP contribution >= 0.6 is 0 Å². The maximum atomic E-state index is 13.1. The highest BCUT2D eigenvalue weighted by molar-refractivity contribution is 6.03. The molecule has 0 heterocycles. The summed E-state index contributed by atoms with van der Waals surface area (Å²) in [6, 6.07) is 18.9. The smallest absolute Gasteiger partial charge is 0.416 e. The van der Waals surface area contributed by atoms with Gasteiger partial charge in [0.2, 0.25) is 5.75 Å². The monoisotopic (exact) mass is 464 g/mol. The largest absolute Gasteiger partial charge is 0.449 e. The van der Waals surface area contributed by atoms with Crippen molar-refractivity contribution in [2.75, 3.05) is 0 Å². The fraction of sp³-hybridized carbons (Fsp3) is 0.115. The predicted molar refractivity (Wildman–Crippen MR) is 125 cm³/mol. The summed E-state index contributed by atoms with van der Waals surface area (Å²) in [6.45, 7) is 3.92. The molecule has 0 saturated heterocycles. The van der Waals surface area contributed by atoms with Crippen LogP contribution in [0.4, 0.5) is 24.5 Å². The molecule has 0 fully saturated rings. The second-order valence-corrected chi connectivity index (χ2v) is 7.79. The van der Waals surface area contributed by atoms with Gasteiger partial charge in [0.15, 0.2) is 0 Å². The summed E-state index contributed by atoms with van der Waals surface area (Å²) in [5, 5.41) is 13.2. The van der Waals surface area contributed by atoms with E-state index in [0.29, 0.717) is 11.6 Å². The van der Waals surface area contributed by atoms with E-state index in [0.717, 1.165) is 39.7 Å². The number of aliphatic imine (C=N–C) groups is 1. The van der Waals surface area contributed by atoms with Crippen LogP contribution < -0.4 is 4.74 Å². The molecule has 8 heteroatoms. The van der Waals surface area contributed by atoms with Gasteiger partial charge in [0.1, 0.15) is 5.75 Å². The van der Waals surface area contributed by atoms with Crippen molar-refractivity contribution < 1.29 is 22.8 Å². The van der Waals surface area contributed by atoms with E-state index in [2.05, 4.69) is 4.99 Å². The molecule has 0 unspecified atom stereocenters. The zero-order valence-electron chi connectivity index (χ0n) is 18.3. The van der Waals surface area contributed by atoms with Gasteiger partial charge >= 0.3 is 11.9 Å². The van der Waals surface area contributed by atoms with E-state index in [1.165, 1.54) is 0 Å². The lowest BCUT2D eigenvalue weighted by molar-refractivity contribution is -0.385. The molecular formula is C26H19F3N2O3. The summed E-state index contributed by atoms with van der Waals surface area (Å²) < 4.78 is 45.0. The van der Waals surface area contributed by atoms with Crippen molar-refractivity contribution in [2.24, 2.45) is 4.99 Å². The number of nitro benzene ring substituents is 1. The van der Waals surface area contributed by atoms with Crippen LogP contribution in [0, 0.1) is 24.0 Å². The molecular weight excluding hydrogens is 445 g/mol. The molecule has 0 saturated carbocycles. The van der Waals surface area contributed by atoms with E-state index < -0.39 is 22.4 Å². The lowest BCUT2D eigenvalue weighted by Gasteiger charge is -2.13. The number of hydrogen-bond donors (Lipinski definition) is 0. The molecule has 0 aliphatic carbocycles. The van der Waals surface area contributed by atoms with Gasteiger partial charge in [-0.15, -0.1) is 0 Å². The zero-order valence-corrected chi connectivity index (χ0v) is 18.3. The van der Waals surface area contributed by atoms with Crippen LogP contribution in [0.15, 0.2) is 77.8 Å². The first-order chi connectivity index (χ1) is 16.1. The molecule has 172 valence electrons. The first-order valence-corrected chi connectivity index (χ1v) is 10.3. The number of benzene rings is 4. The van der Waals surface area contributed by atoms with Crippen molar-refractivity contribution in [1.82, 2.24) is 0 Å². The van der Waals surface area contributed by atoms with Gasteiger partial charge in [-0.2, -0.15) is 13.2 Å². The van der Waals surface area contributed by atoms with E-state index in [4.69, 9.17) is 4.74 Å². The first-order valence-electron chi connectivity index (χ1n) is 10.3. The number of alkyl halides is 3. The van der Waals surface area contributed by atoms with Crippen molar-refractivity contribution in [2.45, 2.75) is 20.0 Å². The molecule has 0 aliphatic heterocycles. The number of aryl methyl sites for hydroxylation is 2. The molecule has 0 aromatic heterocycles. The Kier molecular flexibility index (Phi) is 6.06. The zero-order chi connectivity index (χ0) is 24.5. The number of nitrogens with zero attached hydrogens (tertiary/aromatic N) is 2. The molecule has 0 atom stereocenters. The number of rotatable bonds is 5. The second kappa shape index (κ2) is 8.97. The maximum absolute atomic E-state index is 13.1. The SMILES string of the molecule is Cc1ccc(N=Cc2c(Oc3ccc(C(F)(F)F)cc3[N+](=O)[O-])ccc3ccccc23)c(C)c1. The minimum absolute atomic E-state index is 0.232. The third kappa shape index (κ3) is 4.76. The molecule has 34 heavy (non-hydrogen) atoms. The van der Waals surface area contributed by atoms with Crippen LogP contribution in [0.3, 0.4) is 0 Å². The Balaban J connectivity index is 1.82. The Morgan fingerprint density at radius 3 is 2.38 bits per heavy atom. The van der Waals surface area contributed by atoms with Crippen LogP contribution in [0.25, 0.3) is 10.8 Å². The summed E-state index contributed by atoms with van der Waals surface area (Å²) in [4.78, 5) is 15.2. The number of halogens is 3. The number of nitro groups is 1. The summed E-state index contributed by atoms with van der Waals surface area (Å²) in [5.74, 6) is -0.0653. The van der Waals surface area contributed by atoms with Gasteiger partial charge in [0, 0.05) is 17.8 Å². The molecule has 0 spiro atoms. The first kappa shape index (κ1) is 23.0. The normalized spacial score (nSPS) is 11.8. The number of ether oxygens (including phenoxy) is 1. The van der Waals surface area contributed by atoms with Gasteiger partial charge < -0.3 is 4.74 Å². The Morgan fingerprint density at radius 1 is 0.941 bits per heavy atom. The van der Waals surface area contributed by atoms with E-state index in [1.54, 1.807) is 18.3 Å². The Labute approximate surface area is 193 Å². The number of fused-ring (bicyclic) bond motifs is 1. The maximum Gasteiger partial charge on any atom is 0.416 e. The van der Waals surface area contributed by atoms with Crippen molar-refractivity contribution in [1.29, 1.82) is 0 Å². The molecule has 4 aromatic carbocycles. The van der Waals surface area contributed by atoms with Crippen molar-refractivity contribution in [3.05, 3.63) is 105 Å². The summed E-state index contributed by atoms with van der Waals surface area (Å²) in [6.07, 6.45) is -3.11. The van der Waals surface area contributed by atoms with Crippen LogP contribution in [0.1, 0.15) is 22.3 Å². The Bertz CT molecular complexity index is 1430. The highest BCUT2D eigenvalue weighted by atomic mass is 19.4. The van der Waals surface area contributed by atoms with E-state index >= 15 is 0 Å². The molecule has 0 bridgehead atoms. The van der Waals surface area contributed by atoms with Crippen molar-refractivity contribution in [3.8, 4) is 11.5 Å². The molecule has 0 aliphatic rings. The molecule has 0 N–H and O–H groups in total. The van der Waals surface area contributed by atoms with Gasteiger partial charge in [0.25, 0.3) is 0 Å². The average Bonchev–Trinajstić information content (AvgIpc) is 2.78. The minimum atomic E-state index is -4.71. The summed E-state index contributed by atoms with van der Waals surface area (Å²) in [7, 11) is 0. The fourth-order valence-corrected chi connectivity index (χ4v) is 3.62. The summed E-state index contributed by atoms with van der Waals surface area (Å²) in [5.41, 5.74) is 1.46. The molecule has 5 nitrogen and oxygen atoms in total. The van der Waals surface area contributed by atoms with Crippen LogP contribution in [-0.4, -0.2) is 11.1 Å². The van der Waals surface area contributed by atoms with E-state index in [9.17, 15) is 23.3 Å². The quantitative estimate of drug-likeness (QED) is 0.171. The van der Waals surface area contributed by atoms with Gasteiger partial charge in [-0.05, 0) is 54.4 Å². The van der Waals surface area contributed by atoms with Gasteiger partial charge in [0.05, 0.1) is 16.2 Å². The third-order valence-corrected chi connectivity index (χ3v) is 5.32. The highest BCUT2D eigenvalue weighted by Gasteiger charge is 2.33. The van der Waals surface area contributed by atoms with Crippen molar-refractivity contribution >= 4 is 28.4 Å². The van der Waals surface area contributed by atoms with E-state index in [1.807, 2.05) is 56.3 Å². The lowest BCUT2D eigenvalue weighted by Crippen LogP contribution is -2.06. The predicted octanol–water partition coefficient (Wildman–Crippen LogP) is 7.93. The van der Waals surface area contributed by atoms with Crippen LogP contribution in [0.5, 0.6) is 11.5 Å². The number of hydrogen-bond acceptors (Lipinski definition) is 4. The topological polar surface area (TPSA) is 64.7 Å². The third-order valence-electron chi connectivity index (χ3n) is 5.32. The Morgan fingerprint density at radius 2 is 1.68 bits per heavy atom. The average molecular weight is 464 g/mol. The summed E-state index contributed by atoms with van der Waals surface area (Å²) >= 11 is 0. The standard InChI is InChI=1S/C26H19F3N2O3/c1-16-7-10-22(17(2)13-16)30-15-21-20-6-4-3-5-18(20)8-11-24(21)34-25-12-9-19(26(27,28)29)14-23(25)31(32)33/h3-15H,1-2H3. The Hall–Kier alpha value is -4.20. The van der Waals surface area contributed by atoms with Crippen LogP contribution in [0.2, 0.25) is 0 Å². The van der Waals surface area contributed by atoms with Gasteiger partial charge in [-0.3, -0.25) is 15.1 Å². The molecule has 0 radical (unpaired) electrons. The van der Waals surface area contributed by atoms with Gasteiger partial charge in [-0.25, -0.2) is 0 Å². The molecule has 4 rings (SSSR count). The van der Waals surface area contributed by atoms with Crippen LogP contribution in [-0.2, 0) is 6.18 Å². The second-order valence-electron chi connectivity index (χ2n) is 7.79. The van der Waals surface area contributed by atoms with Crippen molar-refractivity contribution in [3.63, 3.8) is 0 Å².